The van der Waals surface area contributed by atoms with E-state index in [1.165, 1.54) is 11.8 Å². The Kier molecular flexibility index (Phi) is 7.32. The number of aliphatic imine (C=N–C) groups is 1. The fourth-order valence-electron chi connectivity index (χ4n) is 3.41. The second-order valence-electron chi connectivity index (χ2n) is 7.58. The van der Waals surface area contributed by atoms with E-state index in [4.69, 9.17) is 46.4 Å². The van der Waals surface area contributed by atoms with Gasteiger partial charge in [-0.2, -0.15) is 4.99 Å². The molecule has 1 amide bonds. The van der Waals surface area contributed by atoms with Crippen molar-refractivity contribution in [1.29, 1.82) is 0 Å². The second-order valence-corrected chi connectivity index (χ2v) is 10.3. The molecule has 1 aromatic heterocycles. The molecule has 1 aliphatic heterocycles. The van der Waals surface area contributed by atoms with E-state index in [-0.39, 0.29) is 11.9 Å². The molecule has 178 valence electrons. The number of nitrogens with one attached hydrogen (secondary N) is 1. The second kappa shape index (κ2) is 10.6. The van der Waals surface area contributed by atoms with Crippen molar-refractivity contribution in [2.45, 2.75) is 0 Å². The maximum absolute atomic E-state index is 12.5. The fraction of sp³-hybridized carbons (Fsp3) is 0. The first-order chi connectivity index (χ1) is 17.4. The van der Waals surface area contributed by atoms with Crippen LogP contribution < -0.4 is 5.32 Å². The van der Waals surface area contributed by atoms with Crippen LogP contribution in [0.1, 0.15) is 5.56 Å². The van der Waals surface area contributed by atoms with E-state index in [2.05, 4.69) is 20.3 Å². The molecule has 0 radical (unpaired) electrons. The SMILES string of the molecule is O=C1N/C(=N/c2nc(-c3ccccc3Cl)cc(-c3ccc(Cl)cc3Cl)n2)S/C1=C/c1ccc(Cl)cc1. The highest BCUT2D eigenvalue weighted by Crippen LogP contribution is 2.35. The Morgan fingerprint density at radius 3 is 2.14 bits per heavy atom. The summed E-state index contributed by atoms with van der Waals surface area (Å²) in [7, 11) is 0. The van der Waals surface area contributed by atoms with Gasteiger partial charge in [0.1, 0.15) is 0 Å². The zero-order valence-corrected chi connectivity index (χ0v) is 22.0. The highest BCUT2D eigenvalue weighted by atomic mass is 35.5. The van der Waals surface area contributed by atoms with E-state index in [1.54, 1.807) is 48.5 Å². The normalized spacial score (nSPS) is 15.5. The lowest BCUT2D eigenvalue weighted by Crippen LogP contribution is -2.19. The summed E-state index contributed by atoms with van der Waals surface area (Å²) in [4.78, 5) is 26.7. The summed E-state index contributed by atoms with van der Waals surface area (Å²) in [5.74, 6) is -0.124. The molecular weight excluding hydrogens is 558 g/mol. The van der Waals surface area contributed by atoms with E-state index in [9.17, 15) is 4.79 Å². The Bertz CT molecular complexity index is 1550. The van der Waals surface area contributed by atoms with Crippen molar-refractivity contribution in [1.82, 2.24) is 15.3 Å². The molecule has 0 saturated carbocycles. The Hall–Kier alpha value is -2.87. The molecule has 5 rings (SSSR count). The van der Waals surface area contributed by atoms with Crippen molar-refractivity contribution < 1.29 is 4.79 Å². The summed E-state index contributed by atoms with van der Waals surface area (Å²) in [6, 6.07) is 21.5. The first-order valence-corrected chi connectivity index (χ1v) is 12.8. The third-order valence-electron chi connectivity index (χ3n) is 5.09. The molecule has 2 heterocycles. The number of nitrogens with zero attached hydrogens (tertiary/aromatic N) is 3. The minimum absolute atomic E-state index is 0.143. The van der Waals surface area contributed by atoms with Crippen LogP contribution in [0.2, 0.25) is 20.1 Å². The van der Waals surface area contributed by atoms with Crippen LogP contribution in [0.25, 0.3) is 28.6 Å². The maximum Gasteiger partial charge on any atom is 0.264 e. The molecule has 5 nitrogen and oxygen atoms in total. The van der Waals surface area contributed by atoms with Crippen LogP contribution in [0, 0.1) is 0 Å². The highest BCUT2D eigenvalue weighted by molar-refractivity contribution is 8.18. The van der Waals surface area contributed by atoms with Crippen LogP contribution >= 0.6 is 58.2 Å². The fourth-order valence-corrected chi connectivity index (χ4v) is 5.09. The first-order valence-electron chi connectivity index (χ1n) is 10.5. The third kappa shape index (κ3) is 5.59. The summed E-state index contributed by atoms with van der Waals surface area (Å²) in [5.41, 5.74) is 3.30. The summed E-state index contributed by atoms with van der Waals surface area (Å²) < 4.78 is 0. The molecule has 3 aromatic carbocycles. The largest absolute Gasteiger partial charge is 0.300 e. The van der Waals surface area contributed by atoms with E-state index in [0.29, 0.717) is 52.7 Å². The van der Waals surface area contributed by atoms with Gasteiger partial charge in [-0.25, -0.2) is 9.97 Å². The van der Waals surface area contributed by atoms with E-state index in [1.807, 2.05) is 30.3 Å². The summed E-state index contributed by atoms with van der Waals surface area (Å²) >= 11 is 26.1. The monoisotopic (exact) mass is 570 g/mol. The maximum atomic E-state index is 12.5. The topological polar surface area (TPSA) is 67.2 Å². The van der Waals surface area contributed by atoms with Gasteiger partial charge in [0, 0.05) is 26.2 Å². The minimum Gasteiger partial charge on any atom is -0.300 e. The van der Waals surface area contributed by atoms with Gasteiger partial charge in [-0.15, -0.1) is 0 Å². The molecule has 1 N–H and O–H groups in total. The van der Waals surface area contributed by atoms with Crippen molar-refractivity contribution in [3.05, 3.63) is 103 Å². The number of aromatic nitrogens is 2. The van der Waals surface area contributed by atoms with Crippen molar-refractivity contribution in [3.63, 3.8) is 0 Å². The van der Waals surface area contributed by atoms with Crippen molar-refractivity contribution in [2.24, 2.45) is 4.99 Å². The van der Waals surface area contributed by atoms with Crippen LogP contribution in [0.4, 0.5) is 5.95 Å². The van der Waals surface area contributed by atoms with Gasteiger partial charge in [0.2, 0.25) is 0 Å². The lowest BCUT2D eigenvalue weighted by molar-refractivity contribution is -0.115. The van der Waals surface area contributed by atoms with Crippen LogP contribution in [0.3, 0.4) is 0 Å². The number of benzene rings is 3. The number of amidine groups is 1. The average molecular weight is 572 g/mol. The molecule has 0 spiro atoms. The van der Waals surface area contributed by atoms with E-state index >= 15 is 0 Å². The molecule has 1 fully saturated rings. The molecule has 1 aliphatic rings. The van der Waals surface area contributed by atoms with Gasteiger partial charge in [0.05, 0.1) is 21.3 Å². The number of carbonyl (C=O) groups is 1. The number of hydrogen-bond donors (Lipinski definition) is 1. The number of amides is 1. The van der Waals surface area contributed by atoms with Crippen LogP contribution in [-0.2, 0) is 4.79 Å². The molecule has 0 aliphatic carbocycles. The molecule has 0 atom stereocenters. The van der Waals surface area contributed by atoms with Gasteiger partial charge in [-0.05, 0) is 65.9 Å². The van der Waals surface area contributed by atoms with Crippen molar-refractivity contribution >= 4 is 81.3 Å². The molecule has 4 aromatic rings. The van der Waals surface area contributed by atoms with Gasteiger partial charge in [-0.1, -0.05) is 76.7 Å². The number of hydrogen-bond acceptors (Lipinski definition) is 5. The molecule has 10 heteroatoms. The zero-order valence-electron chi connectivity index (χ0n) is 18.2. The number of rotatable bonds is 4. The Balaban J connectivity index is 1.56. The Labute approximate surface area is 231 Å². The van der Waals surface area contributed by atoms with Crippen LogP contribution in [0.5, 0.6) is 0 Å². The molecular formula is C26H14Cl4N4OS. The summed E-state index contributed by atoms with van der Waals surface area (Å²) in [6.07, 6.45) is 1.76. The standard InChI is InChI=1S/C26H14Cl4N4OS/c27-15-7-5-14(6-8-15)11-23-24(35)33-26(36-23)34-25-31-21(17-3-1-2-4-19(17)29)13-22(32-25)18-10-9-16(28)12-20(18)30/h1-13H,(H,31,32,33,34,35)/b23-11+. The number of thioether (sulfide) groups is 1. The molecule has 1 saturated heterocycles. The number of carbonyl (C=O) groups excluding carboxylic acids is 1. The van der Waals surface area contributed by atoms with Crippen molar-refractivity contribution in [3.8, 4) is 22.5 Å². The highest BCUT2D eigenvalue weighted by Gasteiger charge is 2.24. The van der Waals surface area contributed by atoms with Crippen molar-refractivity contribution in [2.75, 3.05) is 0 Å². The average Bonchev–Trinajstić information content (AvgIpc) is 3.18. The Morgan fingerprint density at radius 1 is 0.778 bits per heavy atom. The number of halogens is 4. The first kappa shape index (κ1) is 24.8. The van der Waals surface area contributed by atoms with E-state index < -0.39 is 0 Å². The van der Waals surface area contributed by atoms with Gasteiger partial charge in [0.25, 0.3) is 11.9 Å². The lowest BCUT2D eigenvalue weighted by Gasteiger charge is -2.09. The smallest absolute Gasteiger partial charge is 0.264 e. The van der Waals surface area contributed by atoms with Gasteiger partial charge in [0.15, 0.2) is 5.17 Å². The third-order valence-corrected chi connectivity index (χ3v) is 7.13. The predicted octanol–water partition coefficient (Wildman–Crippen LogP) is 8.32. The molecule has 36 heavy (non-hydrogen) atoms. The molecule has 0 bridgehead atoms. The summed E-state index contributed by atoms with van der Waals surface area (Å²) in [5, 5.41) is 5.20. The van der Waals surface area contributed by atoms with Gasteiger partial charge < -0.3 is 5.32 Å². The zero-order chi connectivity index (χ0) is 25.2. The Morgan fingerprint density at radius 2 is 1.44 bits per heavy atom. The van der Waals surface area contributed by atoms with Crippen LogP contribution in [0.15, 0.2) is 82.7 Å². The minimum atomic E-state index is -0.267. The lowest BCUT2D eigenvalue weighted by atomic mass is 10.1. The van der Waals surface area contributed by atoms with Gasteiger partial charge in [-0.3, -0.25) is 4.79 Å². The van der Waals surface area contributed by atoms with Crippen LogP contribution in [-0.4, -0.2) is 21.0 Å². The predicted molar refractivity (Wildman–Crippen MR) is 150 cm³/mol. The molecule has 0 unspecified atom stereocenters. The quantitative estimate of drug-likeness (QED) is 0.250. The van der Waals surface area contributed by atoms with E-state index in [0.717, 1.165) is 5.56 Å². The van der Waals surface area contributed by atoms with Gasteiger partial charge >= 0.3 is 0 Å². The summed E-state index contributed by atoms with van der Waals surface area (Å²) in [6.45, 7) is 0.